The summed E-state index contributed by atoms with van der Waals surface area (Å²) in [5.74, 6) is -0.273. The number of aliphatic carboxylic acids is 1. The number of nitrogens with one attached hydrogen (secondary N) is 1. The number of nitrogens with zero attached hydrogens (tertiary/aromatic N) is 1. The Kier molecular flexibility index (Phi) is 3.53. The number of carboxylic acids is 1. The highest BCUT2D eigenvalue weighted by atomic mass is 35.5. The van der Waals surface area contributed by atoms with Gasteiger partial charge in [-0.1, -0.05) is 11.6 Å². The van der Waals surface area contributed by atoms with E-state index in [0.717, 1.165) is 0 Å². The van der Waals surface area contributed by atoms with Crippen molar-refractivity contribution in [2.45, 2.75) is 6.42 Å². The highest BCUT2D eigenvalue weighted by Gasteiger charge is 2.14. The van der Waals surface area contributed by atoms with Gasteiger partial charge in [-0.2, -0.15) is 5.10 Å². The van der Waals surface area contributed by atoms with Crippen LogP contribution in [-0.4, -0.2) is 28.4 Å². The number of halogens is 1. The molecule has 0 aliphatic carbocycles. The lowest BCUT2D eigenvalue weighted by Gasteiger charge is -2.06. The zero-order valence-electron chi connectivity index (χ0n) is 9.61. The van der Waals surface area contributed by atoms with Crippen molar-refractivity contribution < 1.29 is 14.6 Å². The lowest BCUT2D eigenvalue weighted by atomic mass is 10.1. The normalized spacial score (nSPS) is 10.3. The summed E-state index contributed by atoms with van der Waals surface area (Å²) < 4.78 is 5.06. The minimum absolute atomic E-state index is 0.103. The Morgan fingerprint density at radius 3 is 2.94 bits per heavy atom. The number of benzene rings is 1. The van der Waals surface area contributed by atoms with E-state index < -0.39 is 5.97 Å². The fourth-order valence-corrected chi connectivity index (χ4v) is 1.93. The van der Waals surface area contributed by atoms with E-state index in [1.54, 1.807) is 25.3 Å². The first-order chi connectivity index (χ1) is 8.61. The second kappa shape index (κ2) is 5.10. The van der Waals surface area contributed by atoms with E-state index >= 15 is 0 Å². The molecule has 94 valence electrons. The molecule has 0 spiro atoms. The van der Waals surface area contributed by atoms with Crippen molar-refractivity contribution in [3.05, 3.63) is 35.0 Å². The van der Waals surface area contributed by atoms with Crippen LogP contribution in [0.2, 0.25) is 5.02 Å². The van der Waals surface area contributed by atoms with Crippen molar-refractivity contribution in [1.29, 1.82) is 0 Å². The topological polar surface area (TPSA) is 75.2 Å². The van der Waals surface area contributed by atoms with Crippen LogP contribution in [0.25, 0.3) is 11.3 Å². The molecule has 1 aromatic carbocycles. The number of aromatic nitrogens is 2. The summed E-state index contributed by atoms with van der Waals surface area (Å²) in [6, 6.07) is 5.19. The fourth-order valence-electron chi connectivity index (χ4n) is 1.67. The Bertz CT molecular complexity index is 580. The predicted molar refractivity (Wildman–Crippen MR) is 66.9 cm³/mol. The summed E-state index contributed by atoms with van der Waals surface area (Å²) in [7, 11) is 1.55. The number of hydrogen-bond donors (Lipinski definition) is 2. The number of methoxy groups -OCH3 is 1. The number of H-pyrrole nitrogens is 1. The molecule has 1 heterocycles. The minimum atomic E-state index is -0.915. The molecule has 0 radical (unpaired) electrons. The molecular weight excluding hydrogens is 256 g/mol. The standard InChI is InChI=1S/C12H11ClN2O3/c1-18-8-2-3-9(10(13)5-8)12-7(4-11(16)17)6-14-15-12/h2-3,5-6H,4H2,1H3,(H,14,15)(H,16,17). The van der Waals surface area contributed by atoms with E-state index in [1.165, 1.54) is 6.20 Å². The third-order valence-electron chi connectivity index (χ3n) is 2.51. The van der Waals surface area contributed by atoms with Gasteiger partial charge in [-0.25, -0.2) is 0 Å². The summed E-state index contributed by atoms with van der Waals surface area (Å²) in [5, 5.41) is 15.9. The molecule has 0 amide bonds. The van der Waals surface area contributed by atoms with Crippen molar-refractivity contribution in [2.24, 2.45) is 0 Å². The molecule has 0 unspecified atom stereocenters. The summed E-state index contributed by atoms with van der Waals surface area (Å²) in [4.78, 5) is 10.7. The second-order valence-electron chi connectivity index (χ2n) is 3.69. The maximum atomic E-state index is 10.7. The van der Waals surface area contributed by atoms with Gasteiger partial charge in [-0.15, -0.1) is 0 Å². The van der Waals surface area contributed by atoms with Gasteiger partial charge in [-0.05, 0) is 18.2 Å². The number of aromatic amines is 1. The molecule has 6 heteroatoms. The molecular formula is C12H11ClN2O3. The first-order valence-corrected chi connectivity index (χ1v) is 5.57. The zero-order valence-corrected chi connectivity index (χ0v) is 10.4. The molecule has 2 N–H and O–H groups in total. The molecule has 0 saturated heterocycles. The van der Waals surface area contributed by atoms with Gasteiger partial charge in [0.15, 0.2) is 0 Å². The quantitative estimate of drug-likeness (QED) is 0.891. The SMILES string of the molecule is COc1ccc(-c2[nH]ncc2CC(=O)O)c(Cl)c1. The monoisotopic (exact) mass is 266 g/mol. The van der Waals surface area contributed by atoms with Gasteiger partial charge in [0.25, 0.3) is 0 Å². The van der Waals surface area contributed by atoms with Crippen LogP contribution in [0, 0.1) is 0 Å². The number of carboxylic acid groups (broad SMARTS) is 1. The average molecular weight is 267 g/mol. The van der Waals surface area contributed by atoms with Crippen LogP contribution >= 0.6 is 11.6 Å². The summed E-state index contributed by atoms with van der Waals surface area (Å²) >= 11 is 6.13. The summed E-state index contributed by atoms with van der Waals surface area (Å²) in [6.07, 6.45) is 1.39. The van der Waals surface area contributed by atoms with E-state index in [1.807, 2.05) is 0 Å². The second-order valence-corrected chi connectivity index (χ2v) is 4.09. The van der Waals surface area contributed by atoms with Crippen LogP contribution in [0.3, 0.4) is 0 Å². The summed E-state index contributed by atoms with van der Waals surface area (Å²) in [6.45, 7) is 0. The Morgan fingerprint density at radius 1 is 1.56 bits per heavy atom. The van der Waals surface area contributed by atoms with Gasteiger partial charge in [0, 0.05) is 11.1 Å². The number of hydrogen-bond acceptors (Lipinski definition) is 3. The minimum Gasteiger partial charge on any atom is -0.497 e. The van der Waals surface area contributed by atoms with Crippen LogP contribution in [0.15, 0.2) is 24.4 Å². The van der Waals surface area contributed by atoms with E-state index in [2.05, 4.69) is 10.2 Å². The molecule has 0 saturated carbocycles. The van der Waals surface area contributed by atoms with Crippen molar-refractivity contribution in [2.75, 3.05) is 7.11 Å². The Balaban J connectivity index is 2.42. The van der Waals surface area contributed by atoms with E-state index in [9.17, 15) is 4.79 Å². The van der Waals surface area contributed by atoms with Crippen molar-refractivity contribution in [3.63, 3.8) is 0 Å². The highest BCUT2D eigenvalue weighted by Crippen LogP contribution is 2.31. The predicted octanol–water partition coefficient (Wildman–Crippen LogP) is 2.37. The van der Waals surface area contributed by atoms with Gasteiger partial charge >= 0.3 is 5.97 Å². The van der Waals surface area contributed by atoms with Crippen LogP contribution in [0.4, 0.5) is 0 Å². The molecule has 0 fully saturated rings. The molecule has 0 atom stereocenters. The molecule has 2 rings (SSSR count). The maximum absolute atomic E-state index is 10.7. The molecule has 5 nitrogen and oxygen atoms in total. The molecule has 0 aliphatic rings. The number of carbonyl (C=O) groups is 1. The summed E-state index contributed by atoms with van der Waals surface area (Å²) in [5.41, 5.74) is 1.91. The van der Waals surface area contributed by atoms with E-state index in [4.69, 9.17) is 21.4 Å². The first kappa shape index (κ1) is 12.4. The zero-order chi connectivity index (χ0) is 13.1. The maximum Gasteiger partial charge on any atom is 0.307 e. The van der Waals surface area contributed by atoms with Gasteiger partial charge in [-0.3, -0.25) is 9.89 Å². The van der Waals surface area contributed by atoms with Gasteiger partial charge in [0.2, 0.25) is 0 Å². The van der Waals surface area contributed by atoms with Crippen LogP contribution in [0.1, 0.15) is 5.56 Å². The van der Waals surface area contributed by atoms with Crippen molar-refractivity contribution in [1.82, 2.24) is 10.2 Å². The third-order valence-corrected chi connectivity index (χ3v) is 2.82. The molecule has 0 bridgehead atoms. The largest absolute Gasteiger partial charge is 0.497 e. The Hall–Kier alpha value is -2.01. The number of rotatable bonds is 4. The molecule has 0 aliphatic heterocycles. The van der Waals surface area contributed by atoms with Gasteiger partial charge < -0.3 is 9.84 Å². The highest BCUT2D eigenvalue weighted by molar-refractivity contribution is 6.33. The van der Waals surface area contributed by atoms with Crippen molar-refractivity contribution >= 4 is 17.6 Å². The Labute approximate surface area is 108 Å². The van der Waals surface area contributed by atoms with Crippen LogP contribution in [-0.2, 0) is 11.2 Å². The molecule has 2 aromatic rings. The lowest BCUT2D eigenvalue weighted by Crippen LogP contribution is -2.00. The molecule has 1 aromatic heterocycles. The Morgan fingerprint density at radius 2 is 2.33 bits per heavy atom. The third kappa shape index (κ3) is 2.46. The van der Waals surface area contributed by atoms with E-state index in [0.29, 0.717) is 27.6 Å². The fraction of sp³-hybridized carbons (Fsp3) is 0.167. The van der Waals surface area contributed by atoms with E-state index in [-0.39, 0.29) is 6.42 Å². The first-order valence-electron chi connectivity index (χ1n) is 5.19. The lowest BCUT2D eigenvalue weighted by molar-refractivity contribution is -0.136. The molecule has 18 heavy (non-hydrogen) atoms. The van der Waals surface area contributed by atoms with Crippen molar-refractivity contribution in [3.8, 4) is 17.0 Å². The van der Waals surface area contributed by atoms with Gasteiger partial charge in [0.05, 0.1) is 30.4 Å². The van der Waals surface area contributed by atoms with Crippen LogP contribution in [0.5, 0.6) is 5.75 Å². The van der Waals surface area contributed by atoms with Gasteiger partial charge in [0.1, 0.15) is 5.75 Å². The average Bonchev–Trinajstić information content (AvgIpc) is 2.76. The number of ether oxygens (including phenoxy) is 1. The van der Waals surface area contributed by atoms with Crippen LogP contribution < -0.4 is 4.74 Å². The smallest absolute Gasteiger partial charge is 0.307 e.